The van der Waals surface area contributed by atoms with Crippen LogP contribution in [0.4, 0.5) is 5.69 Å². The van der Waals surface area contributed by atoms with Gasteiger partial charge in [-0.1, -0.05) is 36.4 Å². The van der Waals surface area contributed by atoms with Crippen LogP contribution < -0.4 is 10.6 Å². The average molecular weight is 411 g/mol. The van der Waals surface area contributed by atoms with Gasteiger partial charge in [0.25, 0.3) is 5.91 Å². The fourth-order valence-corrected chi connectivity index (χ4v) is 3.69. The number of fused-ring (bicyclic) bond motifs is 1. The van der Waals surface area contributed by atoms with E-state index in [2.05, 4.69) is 10.6 Å². The maximum Gasteiger partial charge on any atom is 0.251 e. The summed E-state index contributed by atoms with van der Waals surface area (Å²) in [6.45, 7) is -0.240. The number of anilines is 1. The maximum absolute atomic E-state index is 12.3. The highest BCUT2D eigenvalue weighted by molar-refractivity contribution is 7.89. The molecule has 0 saturated carbocycles. The third kappa shape index (κ3) is 4.79. The molecule has 8 heteroatoms. The molecule has 0 aromatic heterocycles. The van der Waals surface area contributed by atoms with Crippen molar-refractivity contribution in [1.29, 1.82) is 0 Å². The van der Waals surface area contributed by atoms with E-state index in [4.69, 9.17) is 0 Å². The maximum atomic E-state index is 12.3. The summed E-state index contributed by atoms with van der Waals surface area (Å²) in [6, 6.07) is 19.0. The normalized spacial score (nSPS) is 11.4. The molecule has 0 fully saturated rings. The highest BCUT2D eigenvalue weighted by atomic mass is 32.2. The zero-order chi connectivity index (χ0) is 21.0. The molecular weight excluding hydrogens is 390 g/mol. The van der Waals surface area contributed by atoms with Crippen LogP contribution in [-0.4, -0.2) is 45.2 Å². The average Bonchev–Trinajstić information content (AvgIpc) is 2.72. The highest BCUT2D eigenvalue weighted by Gasteiger charge is 2.19. The Balaban J connectivity index is 1.63. The zero-order valence-corrected chi connectivity index (χ0v) is 16.9. The van der Waals surface area contributed by atoms with Crippen molar-refractivity contribution in [3.8, 4) is 0 Å². The quantitative estimate of drug-likeness (QED) is 0.651. The van der Waals surface area contributed by atoms with Crippen molar-refractivity contribution in [1.82, 2.24) is 9.62 Å². The Morgan fingerprint density at radius 3 is 2.34 bits per heavy atom. The van der Waals surface area contributed by atoms with Gasteiger partial charge in [-0.2, -0.15) is 0 Å². The van der Waals surface area contributed by atoms with Crippen molar-refractivity contribution in [2.24, 2.45) is 0 Å². The molecule has 7 nitrogen and oxygen atoms in total. The van der Waals surface area contributed by atoms with E-state index in [1.165, 1.54) is 38.4 Å². The predicted molar refractivity (Wildman–Crippen MR) is 112 cm³/mol. The van der Waals surface area contributed by atoms with Crippen LogP contribution in [0.15, 0.2) is 71.6 Å². The third-order valence-corrected chi connectivity index (χ3v) is 6.13. The minimum absolute atomic E-state index is 0.00997. The fourth-order valence-electron chi connectivity index (χ4n) is 2.74. The van der Waals surface area contributed by atoms with E-state index in [0.29, 0.717) is 5.69 Å². The summed E-state index contributed by atoms with van der Waals surface area (Å²) in [7, 11) is -0.817. The Labute approximate surface area is 169 Å². The third-order valence-electron chi connectivity index (χ3n) is 4.32. The zero-order valence-electron chi connectivity index (χ0n) is 16.0. The lowest BCUT2D eigenvalue weighted by molar-refractivity contribution is -0.115. The minimum atomic E-state index is -3.65. The predicted octanol–water partition coefficient (Wildman–Crippen LogP) is 2.46. The van der Waals surface area contributed by atoms with E-state index in [-0.39, 0.29) is 22.9 Å². The summed E-state index contributed by atoms with van der Waals surface area (Å²) in [5.74, 6) is -0.917. The number of nitrogens with one attached hydrogen (secondary N) is 2. The van der Waals surface area contributed by atoms with E-state index in [1.54, 1.807) is 6.07 Å². The first-order valence-corrected chi connectivity index (χ1v) is 10.3. The number of carbonyl (C=O) groups is 2. The number of carbonyl (C=O) groups excluding carboxylic acids is 2. The number of rotatable bonds is 6. The van der Waals surface area contributed by atoms with E-state index in [1.807, 2.05) is 36.4 Å². The molecule has 29 heavy (non-hydrogen) atoms. The highest BCUT2D eigenvalue weighted by Crippen LogP contribution is 2.19. The van der Waals surface area contributed by atoms with Crippen molar-refractivity contribution in [3.05, 3.63) is 72.3 Å². The van der Waals surface area contributed by atoms with Crippen LogP contribution in [0.5, 0.6) is 0 Å². The van der Waals surface area contributed by atoms with Crippen LogP contribution in [-0.2, 0) is 14.8 Å². The summed E-state index contributed by atoms with van der Waals surface area (Å²) in [5.41, 5.74) is 0.786. The van der Waals surface area contributed by atoms with Gasteiger partial charge in [-0.3, -0.25) is 9.59 Å². The van der Waals surface area contributed by atoms with Gasteiger partial charge < -0.3 is 10.6 Å². The van der Waals surface area contributed by atoms with E-state index in [0.717, 1.165) is 15.1 Å². The van der Waals surface area contributed by atoms with Crippen LogP contribution in [0.3, 0.4) is 0 Å². The first kappa shape index (κ1) is 20.5. The number of hydrogen-bond donors (Lipinski definition) is 2. The Hall–Kier alpha value is -3.23. The van der Waals surface area contributed by atoms with E-state index >= 15 is 0 Å². The summed E-state index contributed by atoms with van der Waals surface area (Å²) in [4.78, 5) is 24.5. The molecule has 0 bridgehead atoms. The Bertz CT molecular complexity index is 1170. The molecule has 0 aliphatic rings. The number of amides is 2. The molecule has 3 aromatic rings. The summed E-state index contributed by atoms with van der Waals surface area (Å²) in [5, 5.41) is 7.30. The second kappa shape index (κ2) is 8.42. The standard InChI is InChI=1S/C21H21N3O4S/c1-24(2)29(27,28)19-9-5-8-17(13-19)21(26)22-14-20(25)23-18-11-10-15-6-3-4-7-16(15)12-18/h3-13H,14H2,1-2H3,(H,22,26)(H,23,25). The van der Waals surface area contributed by atoms with Gasteiger partial charge in [0.1, 0.15) is 0 Å². The van der Waals surface area contributed by atoms with Crippen LogP contribution in [0.2, 0.25) is 0 Å². The summed E-state index contributed by atoms with van der Waals surface area (Å²) < 4.78 is 25.5. The molecule has 0 spiro atoms. The van der Waals surface area contributed by atoms with Crippen molar-refractivity contribution in [3.63, 3.8) is 0 Å². The van der Waals surface area contributed by atoms with Crippen LogP contribution >= 0.6 is 0 Å². The molecule has 0 saturated heterocycles. The van der Waals surface area contributed by atoms with Crippen molar-refractivity contribution >= 4 is 38.3 Å². The Morgan fingerprint density at radius 2 is 1.62 bits per heavy atom. The molecule has 150 valence electrons. The second-order valence-electron chi connectivity index (χ2n) is 6.61. The number of benzene rings is 3. The van der Waals surface area contributed by atoms with Gasteiger partial charge in [-0.15, -0.1) is 0 Å². The van der Waals surface area contributed by atoms with Crippen LogP contribution in [0.1, 0.15) is 10.4 Å². The molecule has 2 N–H and O–H groups in total. The molecule has 0 radical (unpaired) electrons. The van der Waals surface area contributed by atoms with Gasteiger partial charge in [0.2, 0.25) is 15.9 Å². The monoisotopic (exact) mass is 411 g/mol. The van der Waals surface area contributed by atoms with Crippen LogP contribution in [0.25, 0.3) is 10.8 Å². The van der Waals surface area contributed by atoms with Crippen molar-refractivity contribution in [2.45, 2.75) is 4.90 Å². The molecular formula is C21H21N3O4S. The number of sulfonamides is 1. The molecule has 0 aliphatic carbocycles. The van der Waals surface area contributed by atoms with Crippen LogP contribution in [0, 0.1) is 0 Å². The molecule has 2 amide bonds. The molecule has 0 atom stereocenters. The van der Waals surface area contributed by atoms with Gasteiger partial charge >= 0.3 is 0 Å². The number of nitrogens with zero attached hydrogens (tertiary/aromatic N) is 1. The molecule has 0 heterocycles. The fraction of sp³-hybridized carbons (Fsp3) is 0.143. The minimum Gasteiger partial charge on any atom is -0.343 e. The molecule has 0 aliphatic heterocycles. The molecule has 0 unspecified atom stereocenters. The van der Waals surface area contributed by atoms with Gasteiger partial charge in [0.05, 0.1) is 11.4 Å². The van der Waals surface area contributed by atoms with Crippen molar-refractivity contribution in [2.75, 3.05) is 26.0 Å². The van der Waals surface area contributed by atoms with Gasteiger partial charge in [0, 0.05) is 25.3 Å². The van der Waals surface area contributed by atoms with Gasteiger partial charge in [-0.05, 0) is 41.1 Å². The Kier molecular flexibility index (Phi) is 5.95. The first-order chi connectivity index (χ1) is 13.8. The van der Waals surface area contributed by atoms with Crippen molar-refractivity contribution < 1.29 is 18.0 Å². The molecule has 3 aromatic carbocycles. The SMILES string of the molecule is CN(C)S(=O)(=O)c1cccc(C(=O)NCC(=O)Nc2ccc3ccccc3c2)c1. The lowest BCUT2D eigenvalue weighted by Gasteiger charge is -2.12. The topological polar surface area (TPSA) is 95.6 Å². The molecule has 3 rings (SSSR count). The second-order valence-corrected chi connectivity index (χ2v) is 8.76. The smallest absolute Gasteiger partial charge is 0.251 e. The largest absolute Gasteiger partial charge is 0.343 e. The Morgan fingerprint density at radius 1 is 0.897 bits per heavy atom. The lowest BCUT2D eigenvalue weighted by atomic mass is 10.1. The number of hydrogen-bond acceptors (Lipinski definition) is 4. The van der Waals surface area contributed by atoms with Gasteiger partial charge in [0.15, 0.2) is 0 Å². The lowest BCUT2D eigenvalue weighted by Crippen LogP contribution is -2.33. The van der Waals surface area contributed by atoms with Gasteiger partial charge in [-0.25, -0.2) is 12.7 Å². The van der Waals surface area contributed by atoms with E-state index in [9.17, 15) is 18.0 Å². The summed E-state index contributed by atoms with van der Waals surface area (Å²) in [6.07, 6.45) is 0. The first-order valence-electron chi connectivity index (χ1n) is 8.87. The summed E-state index contributed by atoms with van der Waals surface area (Å²) >= 11 is 0. The van der Waals surface area contributed by atoms with E-state index < -0.39 is 15.9 Å².